The van der Waals surface area contributed by atoms with Crippen molar-refractivity contribution in [2.24, 2.45) is 0 Å². The summed E-state index contributed by atoms with van der Waals surface area (Å²) in [6.07, 6.45) is 0. The van der Waals surface area contributed by atoms with Crippen molar-refractivity contribution >= 4 is 11.4 Å². The average molecular weight is 208 g/mol. The van der Waals surface area contributed by atoms with Crippen LogP contribution in [0.5, 0.6) is 0 Å². The molecule has 0 radical (unpaired) electrons. The maximum Gasteiger partial charge on any atom is 0.103 e. The Kier molecular flexibility index (Phi) is 2.63. The summed E-state index contributed by atoms with van der Waals surface area (Å²) in [6.45, 7) is 0. The number of nitrogens with two attached hydrogens (primary N) is 2. The van der Waals surface area contributed by atoms with Crippen LogP contribution in [0.4, 0.5) is 11.4 Å². The van der Waals surface area contributed by atoms with Crippen molar-refractivity contribution in [3.63, 3.8) is 0 Å². The maximum atomic E-state index is 8.81. The summed E-state index contributed by atoms with van der Waals surface area (Å²) in [7, 11) is 0. The van der Waals surface area contributed by atoms with Crippen LogP contribution in [0.1, 0.15) is 22.3 Å². The fourth-order valence-corrected chi connectivity index (χ4v) is 1.25. The maximum absolute atomic E-state index is 8.81. The molecule has 74 valence electrons. The lowest BCUT2D eigenvalue weighted by Crippen LogP contribution is -2.06. The highest BCUT2D eigenvalue weighted by atomic mass is 14.6. The SMILES string of the molecule is N#Cc1c(N)c(C#N)c(C#N)c(N)c1C#N. The Morgan fingerprint density at radius 2 is 0.750 bits per heavy atom. The van der Waals surface area contributed by atoms with E-state index in [1.54, 1.807) is 24.3 Å². The number of anilines is 2. The van der Waals surface area contributed by atoms with Crippen LogP contribution in [-0.4, -0.2) is 0 Å². The fourth-order valence-electron chi connectivity index (χ4n) is 1.25. The number of nitriles is 4. The predicted molar refractivity (Wildman–Crippen MR) is 54.1 cm³/mol. The quantitative estimate of drug-likeness (QED) is 0.587. The lowest BCUT2D eigenvalue weighted by Gasteiger charge is -2.08. The van der Waals surface area contributed by atoms with Crippen molar-refractivity contribution < 1.29 is 0 Å². The molecule has 1 aromatic rings. The standard InChI is InChI=1S/C10H4N6/c11-1-5-6(2-12)10(16)8(4-14)7(3-13)9(5)15/h15-16H2. The van der Waals surface area contributed by atoms with Gasteiger partial charge in [-0.3, -0.25) is 0 Å². The number of nitrogen functional groups attached to an aromatic ring is 2. The molecular weight excluding hydrogens is 204 g/mol. The van der Waals surface area contributed by atoms with Crippen LogP contribution in [0.2, 0.25) is 0 Å². The molecule has 16 heavy (non-hydrogen) atoms. The molecule has 0 spiro atoms. The average Bonchev–Trinajstić information content (AvgIpc) is 2.30. The molecule has 0 amide bonds. The normalized spacial score (nSPS) is 8.25. The monoisotopic (exact) mass is 208 g/mol. The topological polar surface area (TPSA) is 147 Å². The first kappa shape index (κ1) is 10.9. The third kappa shape index (κ3) is 1.24. The third-order valence-corrected chi connectivity index (χ3v) is 2.02. The van der Waals surface area contributed by atoms with Gasteiger partial charge in [-0.2, -0.15) is 21.0 Å². The summed E-state index contributed by atoms with van der Waals surface area (Å²) >= 11 is 0. The van der Waals surface area contributed by atoms with E-state index in [-0.39, 0.29) is 33.6 Å². The summed E-state index contributed by atoms with van der Waals surface area (Å²) in [4.78, 5) is 0. The Labute approximate surface area is 91.1 Å². The van der Waals surface area contributed by atoms with Gasteiger partial charge in [-0.05, 0) is 0 Å². The summed E-state index contributed by atoms with van der Waals surface area (Å²) in [6, 6.07) is 6.77. The van der Waals surface area contributed by atoms with Gasteiger partial charge in [-0.25, -0.2) is 0 Å². The molecule has 0 fully saturated rings. The molecule has 1 rings (SSSR count). The van der Waals surface area contributed by atoms with Crippen molar-refractivity contribution in [3.05, 3.63) is 22.3 Å². The molecule has 0 heterocycles. The van der Waals surface area contributed by atoms with Gasteiger partial charge in [0.1, 0.15) is 24.3 Å². The number of benzene rings is 1. The van der Waals surface area contributed by atoms with E-state index >= 15 is 0 Å². The molecule has 0 aromatic heterocycles. The van der Waals surface area contributed by atoms with Gasteiger partial charge < -0.3 is 11.5 Å². The van der Waals surface area contributed by atoms with E-state index in [1.165, 1.54) is 0 Å². The van der Waals surface area contributed by atoms with Crippen molar-refractivity contribution in [2.45, 2.75) is 0 Å². The number of nitrogens with zero attached hydrogens (tertiary/aromatic N) is 4. The van der Waals surface area contributed by atoms with E-state index in [1.807, 2.05) is 0 Å². The van der Waals surface area contributed by atoms with Crippen LogP contribution >= 0.6 is 0 Å². The Morgan fingerprint density at radius 1 is 0.562 bits per heavy atom. The molecule has 0 bridgehead atoms. The molecule has 0 saturated carbocycles. The minimum Gasteiger partial charge on any atom is -0.397 e. The lowest BCUT2D eigenvalue weighted by atomic mass is 9.95. The van der Waals surface area contributed by atoms with Crippen LogP contribution in [0.3, 0.4) is 0 Å². The molecule has 1 aromatic carbocycles. The van der Waals surface area contributed by atoms with Crippen LogP contribution in [-0.2, 0) is 0 Å². The molecule has 6 nitrogen and oxygen atoms in total. The highest BCUT2D eigenvalue weighted by Gasteiger charge is 2.20. The second-order valence-corrected chi connectivity index (χ2v) is 2.77. The van der Waals surface area contributed by atoms with E-state index in [0.29, 0.717) is 0 Å². The minimum absolute atomic E-state index is 0.171. The summed E-state index contributed by atoms with van der Waals surface area (Å²) in [5.74, 6) is 0. The molecule has 0 aliphatic heterocycles. The molecule has 0 aliphatic carbocycles. The minimum atomic E-state index is -0.188. The Bertz CT molecular complexity index is 520. The zero-order valence-electron chi connectivity index (χ0n) is 7.94. The van der Waals surface area contributed by atoms with E-state index in [2.05, 4.69) is 0 Å². The zero-order chi connectivity index (χ0) is 12.3. The van der Waals surface area contributed by atoms with Gasteiger partial charge in [-0.15, -0.1) is 0 Å². The van der Waals surface area contributed by atoms with Gasteiger partial charge in [0, 0.05) is 0 Å². The molecular formula is C10H4N6. The molecule has 0 saturated heterocycles. The molecule has 6 heteroatoms. The van der Waals surface area contributed by atoms with Crippen molar-refractivity contribution in [3.8, 4) is 24.3 Å². The lowest BCUT2D eigenvalue weighted by molar-refractivity contribution is 1.38. The van der Waals surface area contributed by atoms with Crippen LogP contribution in [0.15, 0.2) is 0 Å². The molecule has 4 N–H and O–H groups in total. The first-order valence-corrected chi connectivity index (χ1v) is 3.97. The smallest absolute Gasteiger partial charge is 0.103 e. The number of rotatable bonds is 0. The van der Waals surface area contributed by atoms with E-state index in [9.17, 15) is 0 Å². The predicted octanol–water partition coefficient (Wildman–Crippen LogP) is 0.338. The molecule has 0 aliphatic rings. The largest absolute Gasteiger partial charge is 0.397 e. The van der Waals surface area contributed by atoms with Gasteiger partial charge in [0.05, 0.1) is 33.6 Å². The summed E-state index contributed by atoms with van der Waals surface area (Å²) in [5, 5.41) is 35.2. The highest BCUT2D eigenvalue weighted by molar-refractivity contribution is 5.82. The first-order valence-electron chi connectivity index (χ1n) is 3.97. The first-order chi connectivity index (χ1) is 7.62. The molecule has 0 unspecified atom stereocenters. The van der Waals surface area contributed by atoms with Crippen molar-refractivity contribution in [2.75, 3.05) is 11.5 Å². The molecule has 0 atom stereocenters. The third-order valence-electron chi connectivity index (χ3n) is 2.02. The Hall–Kier alpha value is -3.22. The van der Waals surface area contributed by atoms with Gasteiger partial charge in [-0.1, -0.05) is 0 Å². The summed E-state index contributed by atoms with van der Waals surface area (Å²) in [5.41, 5.74) is 9.99. The number of hydrogen-bond acceptors (Lipinski definition) is 6. The van der Waals surface area contributed by atoms with Gasteiger partial charge >= 0.3 is 0 Å². The van der Waals surface area contributed by atoms with Crippen LogP contribution in [0, 0.1) is 45.3 Å². The van der Waals surface area contributed by atoms with Crippen LogP contribution in [0.25, 0.3) is 0 Å². The van der Waals surface area contributed by atoms with E-state index in [0.717, 1.165) is 0 Å². The van der Waals surface area contributed by atoms with E-state index < -0.39 is 0 Å². The second-order valence-electron chi connectivity index (χ2n) is 2.77. The van der Waals surface area contributed by atoms with Crippen molar-refractivity contribution in [1.29, 1.82) is 21.0 Å². The van der Waals surface area contributed by atoms with Gasteiger partial charge in [0.15, 0.2) is 0 Å². The Morgan fingerprint density at radius 3 is 0.875 bits per heavy atom. The zero-order valence-corrected chi connectivity index (χ0v) is 7.94. The van der Waals surface area contributed by atoms with Gasteiger partial charge in [0.2, 0.25) is 0 Å². The van der Waals surface area contributed by atoms with Gasteiger partial charge in [0.25, 0.3) is 0 Å². The number of hydrogen-bond donors (Lipinski definition) is 2. The second kappa shape index (κ2) is 3.88. The summed E-state index contributed by atoms with van der Waals surface area (Å²) < 4.78 is 0. The van der Waals surface area contributed by atoms with Crippen LogP contribution < -0.4 is 11.5 Å². The highest BCUT2D eigenvalue weighted by Crippen LogP contribution is 2.30. The van der Waals surface area contributed by atoms with E-state index in [4.69, 9.17) is 32.5 Å². The Balaban J connectivity index is 3.98. The van der Waals surface area contributed by atoms with Crippen molar-refractivity contribution in [1.82, 2.24) is 0 Å². The fraction of sp³-hybridized carbons (Fsp3) is 0.